The zero-order chi connectivity index (χ0) is 24.8. The van der Waals surface area contributed by atoms with Gasteiger partial charge in [0.05, 0.1) is 0 Å². The van der Waals surface area contributed by atoms with Crippen molar-refractivity contribution in [3.8, 4) is 28.0 Å². The molecule has 0 aliphatic heterocycles. The molecular weight excluding hydrogens is 452 g/mol. The second-order valence-corrected chi connectivity index (χ2v) is 8.83. The maximum atomic E-state index is 14.9. The molecule has 0 amide bonds. The van der Waals surface area contributed by atoms with E-state index in [2.05, 4.69) is 42.0 Å². The topological polar surface area (TPSA) is 9.23 Å². The van der Waals surface area contributed by atoms with Gasteiger partial charge in [0.2, 0.25) is 0 Å². The molecule has 0 spiro atoms. The van der Waals surface area contributed by atoms with Gasteiger partial charge in [0.15, 0.2) is 0 Å². The summed E-state index contributed by atoms with van der Waals surface area (Å²) in [5.41, 5.74) is 3.78. The number of fused-ring (bicyclic) bond motifs is 1. The molecule has 0 saturated carbocycles. The molecule has 0 atom stereocenters. The Morgan fingerprint density at radius 3 is 2.00 bits per heavy atom. The van der Waals surface area contributed by atoms with E-state index in [-0.39, 0.29) is 5.75 Å². The first-order chi connectivity index (χ1) is 16.8. The molecule has 0 N–H and O–H groups in total. The van der Waals surface area contributed by atoms with Crippen molar-refractivity contribution in [1.29, 1.82) is 0 Å². The molecule has 5 heteroatoms. The third-order valence-corrected chi connectivity index (χ3v) is 6.17. The van der Waals surface area contributed by atoms with E-state index in [1.807, 2.05) is 12.1 Å². The average Bonchev–Trinajstić information content (AvgIpc) is 2.83. The van der Waals surface area contributed by atoms with Gasteiger partial charge in [-0.25, -0.2) is 4.39 Å². The highest BCUT2D eigenvalue weighted by Crippen LogP contribution is 2.32. The van der Waals surface area contributed by atoms with Crippen molar-refractivity contribution in [3.05, 3.63) is 90.2 Å². The molecule has 182 valence electrons. The molecular formula is C30H28F4O. The van der Waals surface area contributed by atoms with E-state index < -0.39 is 12.2 Å². The summed E-state index contributed by atoms with van der Waals surface area (Å²) in [7, 11) is 0. The number of hydrogen-bond acceptors (Lipinski definition) is 1. The molecule has 0 aliphatic carbocycles. The molecule has 0 fully saturated rings. The molecule has 0 heterocycles. The van der Waals surface area contributed by atoms with Gasteiger partial charge in [0.1, 0.15) is 11.6 Å². The molecule has 0 saturated heterocycles. The Labute approximate surface area is 203 Å². The van der Waals surface area contributed by atoms with Gasteiger partial charge in [0, 0.05) is 5.56 Å². The number of unbranched alkanes of at least 4 members (excludes halogenated alkanes) is 4. The van der Waals surface area contributed by atoms with Crippen molar-refractivity contribution < 1.29 is 22.3 Å². The SMILES string of the molecule is CCCCCCCc1ccc2cc(-c3ccc(-c4ccc(OC(F)(F)F)cc4)c(F)c3)ccc2c1. The molecule has 0 aliphatic rings. The Morgan fingerprint density at radius 2 is 1.29 bits per heavy atom. The van der Waals surface area contributed by atoms with Gasteiger partial charge in [-0.1, -0.05) is 87.2 Å². The van der Waals surface area contributed by atoms with Crippen LogP contribution in [0.2, 0.25) is 0 Å². The Kier molecular flexibility index (Phi) is 7.74. The van der Waals surface area contributed by atoms with Crippen molar-refractivity contribution >= 4 is 10.8 Å². The van der Waals surface area contributed by atoms with E-state index in [0.717, 1.165) is 28.3 Å². The fraction of sp³-hybridized carbons (Fsp3) is 0.267. The van der Waals surface area contributed by atoms with Gasteiger partial charge in [-0.15, -0.1) is 13.2 Å². The number of aryl methyl sites for hydroxylation is 1. The first-order valence-corrected chi connectivity index (χ1v) is 12.0. The van der Waals surface area contributed by atoms with E-state index in [4.69, 9.17) is 0 Å². The van der Waals surface area contributed by atoms with Gasteiger partial charge in [-0.05, 0) is 70.1 Å². The molecule has 35 heavy (non-hydrogen) atoms. The first-order valence-electron chi connectivity index (χ1n) is 12.0. The predicted octanol–water partition coefficient (Wildman–Crippen LogP) is 9.72. The zero-order valence-corrected chi connectivity index (χ0v) is 19.7. The Hall–Kier alpha value is -3.34. The lowest BCUT2D eigenvalue weighted by atomic mass is 9.96. The summed E-state index contributed by atoms with van der Waals surface area (Å²) in [5, 5.41) is 2.26. The summed E-state index contributed by atoms with van der Waals surface area (Å²) in [5.74, 6) is -0.778. The fourth-order valence-electron chi connectivity index (χ4n) is 4.33. The van der Waals surface area contributed by atoms with E-state index in [1.54, 1.807) is 6.07 Å². The Morgan fingerprint density at radius 1 is 0.657 bits per heavy atom. The number of benzene rings is 4. The molecule has 4 rings (SSSR count). The van der Waals surface area contributed by atoms with Crippen LogP contribution in [0.4, 0.5) is 17.6 Å². The van der Waals surface area contributed by atoms with Crippen LogP contribution in [0.25, 0.3) is 33.0 Å². The number of halogens is 4. The van der Waals surface area contributed by atoms with Gasteiger partial charge < -0.3 is 4.74 Å². The third-order valence-electron chi connectivity index (χ3n) is 6.17. The van der Waals surface area contributed by atoms with E-state index in [0.29, 0.717) is 11.1 Å². The van der Waals surface area contributed by atoms with Crippen LogP contribution >= 0.6 is 0 Å². The lowest BCUT2D eigenvalue weighted by molar-refractivity contribution is -0.274. The number of alkyl halides is 3. The standard InChI is InChI=1S/C30H28F4O/c1-2-3-4-5-6-7-21-8-9-24-19-25(11-10-23(24)18-21)26-14-17-28(29(31)20-26)22-12-15-27(16-13-22)35-30(32,33)34/h8-20H,2-7H2,1H3. The molecule has 0 unspecified atom stereocenters. The Balaban J connectivity index is 1.48. The van der Waals surface area contributed by atoms with Crippen LogP contribution in [0.5, 0.6) is 5.75 Å². The van der Waals surface area contributed by atoms with Gasteiger partial charge in [0.25, 0.3) is 0 Å². The van der Waals surface area contributed by atoms with Gasteiger partial charge in [-0.2, -0.15) is 0 Å². The third kappa shape index (κ3) is 6.62. The highest BCUT2D eigenvalue weighted by atomic mass is 19.4. The van der Waals surface area contributed by atoms with Crippen molar-refractivity contribution in [1.82, 2.24) is 0 Å². The maximum Gasteiger partial charge on any atom is 0.573 e. The fourth-order valence-corrected chi connectivity index (χ4v) is 4.33. The van der Waals surface area contributed by atoms with Crippen LogP contribution < -0.4 is 4.74 Å². The summed E-state index contributed by atoms with van der Waals surface area (Å²) in [6, 6.07) is 22.7. The highest BCUT2D eigenvalue weighted by molar-refractivity contribution is 5.88. The minimum Gasteiger partial charge on any atom is -0.406 e. The molecule has 4 aromatic rings. The monoisotopic (exact) mass is 480 g/mol. The summed E-state index contributed by atoms with van der Waals surface area (Å²) >= 11 is 0. The van der Waals surface area contributed by atoms with Gasteiger partial charge in [-0.3, -0.25) is 0 Å². The summed E-state index contributed by atoms with van der Waals surface area (Å²) in [6.07, 6.45) is 2.62. The summed E-state index contributed by atoms with van der Waals surface area (Å²) in [4.78, 5) is 0. The van der Waals surface area contributed by atoms with Gasteiger partial charge >= 0.3 is 6.36 Å². The minimum absolute atomic E-state index is 0.316. The second-order valence-electron chi connectivity index (χ2n) is 8.83. The van der Waals surface area contributed by atoms with Crippen LogP contribution in [0.3, 0.4) is 0 Å². The smallest absolute Gasteiger partial charge is 0.406 e. The molecule has 4 aromatic carbocycles. The second kappa shape index (κ2) is 10.9. The van der Waals surface area contributed by atoms with E-state index in [9.17, 15) is 17.6 Å². The van der Waals surface area contributed by atoms with Crippen LogP contribution in [-0.4, -0.2) is 6.36 Å². The predicted molar refractivity (Wildman–Crippen MR) is 134 cm³/mol. The lowest BCUT2D eigenvalue weighted by Crippen LogP contribution is -2.16. The summed E-state index contributed by atoms with van der Waals surface area (Å²) < 4.78 is 55.9. The summed E-state index contributed by atoms with van der Waals surface area (Å²) in [6.45, 7) is 2.22. The number of ether oxygens (including phenoxy) is 1. The number of hydrogen-bond donors (Lipinski definition) is 0. The molecule has 1 nitrogen and oxygen atoms in total. The normalized spacial score (nSPS) is 11.7. The number of rotatable bonds is 9. The lowest BCUT2D eigenvalue weighted by Gasteiger charge is -2.11. The van der Waals surface area contributed by atoms with Crippen LogP contribution in [0, 0.1) is 5.82 Å². The average molecular weight is 481 g/mol. The van der Waals surface area contributed by atoms with E-state index in [1.165, 1.54) is 68.0 Å². The van der Waals surface area contributed by atoms with Crippen molar-refractivity contribution in [2.24, 2.45) is 0 Å². The first kappa shape index (κ1) is 24.8. The van der Waals surface area contributed by atoms with Crippen molar-refractivity contribution in [2.45, 2.75) is 51.8 Å². The van der Waals surface area contributed by atoms with Crippen molar-refractivity contribution in [2.75, 3.05) is 0 Å². The highest BCUT2D eigenvalue weighted by Gasteiger charge is 2.31. The van der Waals surface area contributed by atoms with E-state index >= 15 is 0 Å². The molecule has 0 radical (unpaired) electrons. The van der Waals surface area contributed by atoms with Crippen LogP contribution in [0.1, 0.15) is 44.6 Å². The van der Waals surface area contributed by atoms with Crippen molar-refractivity contribution in [3.63, 3.8) is 0 Å². The molecule has 0 aromatic heterocycles. The van der Waals surface area contributed by atoms with Crippen LogP contribution in [0.15, 0.2) is 78.9 Å². The maximum absolute atomic E-state index is 14.9. The Bertz CT molecular complexity index is 1280. The quantitative estimate of drug-likeness (QED) is 0.171. The largest absolute Gasteiger partial charge is 0.573 e. The van der Waals surface area contributed by atoms with Crippen LogP contribution in [-0.2, 0) is 6.42 Å². The molecule has 0 bridgehead atoms. The zero-order valence-electron chi connectivity index (χ0n) is 19.7. The minimum atomic E-state index is -4.76.